The predicted octanol–water partition coefficient (Wildman–Crippen LogP) is 2.93. The van der Waals surface area contributed by atoms with Gasteiger partial charge < -0.3 is 16.0 Å². The van der Waals surface area contributed by atoms with Gasteiger partial charge in [0.25, 0.3) is 0 Å². The molecule has 1 aliphatic heterocycles. The third-order valence-corrected chi connectivity index (χ3v) is 3.88. The molecule has 4 nitrogen and oxygen atoms in total. The first-order valence-corrected chi connectivity index (χ1v) is 7.01. The fourth-order valence-electron chi connectivity index (χ4n) is 2.42. The van der Waals surface area contributed by atoms with E-state index in [0.29, 0.717) is 17.5 Å². The lowest BCUT2D eigenvalue weighted by Gasteiger charge is -2.37. The quantitative estimate of drug-likeness (QED) is 0.876. The Morgan fingerprint density at radius 2 is 2.32 bits per heavy atom. The molecule has 0 spiro atoms. The van der Waals surface area contributed by atoms with Gasteiger partial charge >= 0.3 is 6.03 Å². The van der Waals surface area contributed by atoms with E-state index in [1.165, 1.54) is 0 Å². The molecule has 1 aliphatic rings. The fraction of sp³-hybridized carbons (Fsp3) is 0.500. The van der Waals surface area contributed by atoms with E-state index in [1.807, 2.05) is 17.0 Å². The number of urea groups is 1. The van der Waals surface area contributed by atoms with Crippen molar-refractivity contribution in [2.45, 2.75) is 25.8 Å². The first kappa shape index (κ1) is 14.2. The summed E-state index contributed by atoms with van der Waals surface area (Å²) < 4.78 is 0. The van der Waals surface area contributed by atoms with E-state index < -0.39 is 0 Å². The Morgan fingerprint density at radius 1 is 1.53 bits per heavy atom. The molecule has 19 heavy (non-hydrogen) atoms. The summed E-state index contributed by atoms with van der Waals surface area (Å²) in [5.41, 5.74) is 6.43. The number of carbonyl (C=O) groups excluding carboxylic acids is 1. The Balaban J connectivity index is 2.02. The van der Waals surface area contributed by atoms with Crippen LogP contribution >= 0.6 is 11.6 Å². The van der Waals surface area contributed by atoms with Crippen LogP contribution in [0.1, 0.15) is 19.8 Å². The van der Waals surface area contributed by atoms with Crippen molar-refractivity contribution < 1.29 is 4.79 Å². The number of nitrogens with two attached hydrogens (primary N) is 1. The standard InChI is InChI=1S/C14H20ClN3O/c1-10-5-6-11(8-16)9-18(10)14(19)17-13-4-2-3-12(15)7-13/h2-4,7,10-11H,5-6,8-9,16H2,1H3,(H,17,19). The predicted molar refractivity (Wildman–Crippen MR) is 78.4 cm³/mol. The topological polar surface area (TPSA) is 58.4 Å². The molecule has 2 atom stereocenters. The number of piperidine rings is 1. The zero-order valence-electron chi connectivity index (χ0n) is 11.1. The zero-order chi connectivity index (χ0) is 13.8. The molecule has 104 valence electrons. The normalized spacial score (nSPS) is 23.2. The Hall–Kier alpha value is -1.26. The van der Waals surface area contributed by atoms with Crippen LogP contribution in [-0.4, -0.2) is 30.1 Å². The van der Waals surface area contributed by atoms with E-state index in [4.69, 9.17) is 17.3 Å². The number of anilines is 1. The summed E-state index contributed by atoms with van der Waals surface area (Å²) in [5.74, 6) is 0.404. The van der Waals surface area contributed by atoms with Gasteiger partial charge in [-0.15, -0.1) is 0 Å². The van der Waals surface area contributed by atoms with Gasteiger partial charge in [-0.2, -0.15) is 0 Å². The number of amides is 2. The third-order valence-electron chi connectivity index (χ3n) is 3.65. The van der Waals surface area contributed by atoms with Gasteiger partial charge in [0.2, 0.25) is 0 Å². The van der Waals surface area contributed by atoms with Crippen molar-refractivity contribution in [3.05, 3.63) is 29.3 Å². The molecule has 0 aromatic heterocycles. The van der Waals surface area contributed by atoms with E-state index in [2.05, 4.69) is 12.2 Å². The lowest BCUT2D eigenvalue weighted by atomic mass is 9.94. The molecule has 2 unspecified atom stereocenters. The average molecular weight is 282 g/mol. The van der Waals surface area contributed by atoms with Gasteiger partial charge in [0.1, 0.15) is 0 Å². The van der Waals surface area contributed by atoms with Crippen LogP contribution in [0.3, 0.4) is 0 Å². The first-order valence-electron chi connectivity index (χ1n) is 6.63. The van der Waals surface area contributed by atoms with E-state index in [0.717, 1.165) is 25.1 Å². The Morgan fingerprint density at radius 3 is 3.00 bits per heavy atom. The van der Waals surface area contributed by atoms with Crippen LogP contribution in [-0.2, 0) is 0 Å². The van der Waals surface area contributed by atoms with E-state index in [1.54, 1.807) is 12.1 Å². The Labute approximate surface area is 118 Å². The number of hydrogen-bond donors (Lipinski definition) is 2. The third kappa shape index (κ3) is 3.61. The minimum atomic E-state index is -0.0760. The molecular weight excluding hydrogens is 262 g/mol. The second-order valence-corrected chi connectivity index (χ2v) is 5.56. The van der Waals surface area contributed by atoms with Crippen molar-refractivity contribution in [3.8, 4) is 0 Å². The number of nitrogens with one attached hydrogen (secondary N) is 1. The van der Waals surface area contributed by atoms with Crippen molar-refractivity contribution in [2.75, 3.05) is 18.4 Å². The van der Waals surface area contributed by atoms with Crippen LogP contribution in [0, 0.1) is 5.92 Å². The SMILES string of the molecule is CC1CCC(CN)CN1C(=O)Nc1cccc(Cl)c1. The molecule has 3 N–H and O–H groups in total. The van der Waals surface area contributed by atoms with Gasteiger partial charge in [0.15, 0.2) is 0 Å². The first-order chi connectivity index (χ1) is 9.10. The van der Waals surface area contributed by atoms with Crippen molar-refractivity contribution >= 4 is 23.3 Å². The Kier molecular flexibility index (Phi) is 4.66. The summed E-state index contributed by atoms with van der Waals surface area (Å²) in [6, 6.07) is 7.36. The van der Waals surface area contributed by atoms with E-state index >= 15 is 0 Å². The van der Waals surface area contributed by atoms with Crippen molar-refractivity contribution in [2.24, 2.45) is 11.7 Å². The number of rotatable bonds is 2. The largest absolute Gasteiger partial charge is 0.330 e. The zero-order valence-corrected chi connectivity index (χ0v) is 11.9. The molecule has 1 aromatic carbocycles. The van der Waals surface area contributed by atoms with Crippen LogP contribution in [0.4, 0.5) is 10.5 Å². The van der Waals surface area contributed by atoms with E-state index in [9.17, 15) is 4.79 Å². The van der Waals surface area contributed by atoms with Crippen LogP contribution in [0.25, 0.3) is 0 Å². The lowest BCUT2D eigenvalue weighted by molar-refractivity contribution is 0.144. The number of likely N-dealkylation sites (tertiary alicyclic amines) is 1. The summed E-state index contributed by atoms with van der Waals surface area (Å²) >= 11 is 5.91. The minimum Gasteiger partial charge on any atom is -0.330 e. The molecular formula is C14H20ClN3O. The summed E-state index contributed by atoms with van der Waals surface area (Å²) in [4.78, 5) is 14.1. The molecule has 1 fully saturated rings. The highest BCUT2D eigenvalue weighted by molar-refractivity contribution is 6.30. The van der Waals surface area contributed by atoms with Gasteiger partial charge in [-0.1, -0.05) is 17.7 Å². The molecule has 2 rings (SSSR count). The van der Waals surface area contributed by atoms with Crippen LogP contribution < -0.4 is 11.1 Å². The minimum absolute atomic E-state index is 0.0760. The second kappa shape index (κ2) is 6.26. The Bertz CT molecular complexity index is 452. The van der Waals surface area contributed by atoms with Crippen LogP contribution in [0.2, 0.25) is 5.02 Å². The molecule has 1 heterocycles. The highest BCUT2D eigenvalue weighted by Gasteiger charge is 2.28. The fourth-order valence-corrected chi connectivity index (χ4v) is 2.61. The van der Waals surface area contributed by atoms with Gasteiger partial charge in [-0.05, 0) is 50.4 Å². The molecule has 0 radical (unpaired) electrons. The summed E-state index contributed by atoms with van der Waals surface area (Å²) in [7, 11) is 0. The molecule has 2 amide bonds. The van der Waals surface area contributed by atoms with E-state index in [-0.39, 0.29) is 12.1 Å². The second-order valence-electron chi connectivity index (χ2n) is 5.12. The van der Waals surface area contributed by atoms with Gasteiger partial charge in [0, 0.05) is 23.3 Å². The number of benzene rings is 1. The molecule has 5 heteroatoms. The van der Waals surface area contributed by atoms with Crippen molar-refractivity contribution in [1.29, 1.82) is 0 Å². The molecule has 0 saturated carbocycles. The maximum atomic E-state index is 12.3. The highest BCUT2D eigenvalue weighted by atomic mass is 35.5. The van der Waals surface area contributed by atoms with Crippen LogP contribution in [0.15, 0.2) is 24.3 Å². The van der Waals surface area contributed by atoms with Crippen molar-refractivity contribution in [3.63, 3.8) is 0 Å². The smallest absolute Gasteiger partial charge is 0.322 e. The molecule has 1 aromatic rings. The monoisotopic (exact) mass is 281 g/mol. The number of carbonyl (C=O) groups is 1. The average Bonchev–Trinajstić information content (AvgIpc) is 2.39. The lowest BCUT2D eigenvalue weighted by Crippen LogP contribution is -2.48. The summed E-state index contributed by atoms with van der Waals surface area (Å²) in [6.45, 7) is 3.43. The van der Waals surface area contributed by atoms with Gasteiger partial charge in [-0.3, -0.25) is 0 Å². The van der Waals surface area contributed by atoms with Gasteiger partial charge in [-0.25, -0.2) is 4.79 Å². The highest BCUT2D eigenvalue weighted by Crippen LogP contribution is 2.22. The maximum Gasteiger partial charge on any atom is 0.322 e. The number of nitrogens with zero attached hydrogens (tertiary/aromatic N) is 1. The summed E-state index contributed by atoms with van der Waals surface area (Å²) in [6.07, 6.45) is 2.10. The molecule has 1 saturated heterocycles. The molecule has 0 aliphatic carbocycles. The number of halogens is 1. The summed E-state index contributed by atoms with van der Waals surface area (Å²) in [5, 5.41) is 3.50. The molecule has 0 bridgehead atoms. The van der Waals surface area contributed by atoms with Crippen LogP contribution in [0.5, 0.6) is 0 Å². The maximum absolute atomic E-state index is 12.3. The van der Waals surface area contributed by atoms with Crippen molar-refractivity contribution in [1.82, 2.24) is 4.90 Å². The van der Waals surface area contributed by atoms with Gasteiger partial charge in [0.05, 0.1) is 0 Å². The number of hydrogen-bond acceptors (Lipinski definition) is 2.